The Hall–Kier alpha value is -2.12. The van der Waals surface area contributed by atoms with E-state index in [2.05, 4.69) is 31.4 Å². The molecule has 0 saturated carbocycles. The zero-order chi connectivity index (χ0) is 24.1. The lowest BCUT2D eigenvalue weighted by Crippen LogP contribution is -2.50. The topological polar surface area (TPSA) is 108 Å². The molecular weight excluding hydrogens is 408 g/mol. The number of hydrogen-bond donors (Lipinski definition) is 4. The van der Waals surface area contributed by atoms with Crippen LogP contribution in [-0.4, -0.2) is 47.5 Å². The van der Waals surface area contributed by atoms with E-state index in [0.29, 0.717) is 19.6 Å². The first-order valence-corrected chi connectivity index (χ1v) is 11.6. The molecule has 0 aliphatic rings. The Morgan fingerprint density at radius 3 is 2.38 bits per heavy atom. The second-order valence-corrected chi connectivity index (χ2v) is 9.56. The molecule has 0 aromatic heterocycles. The first kappa shape index (κ1) is 27.9. The van der Waals surface area contributed by atoms with Crippen molar-refractivity contribution < 1.29 is 24.5 Å². The molecule has 0 radical (unpaired) electrons. The van der Waals surface area contributed by atoms with Gasteiger partial charge in [0.1, 0.15) is 0 Å². The molecule has 1 rings (SSSR count). The van der Waals surface area contributed by atoms with E-state index >= 15 is 0 Å². The monoisotopic (exact) mass is 450 g/mol. The van der Waals surface area contributed by atoms with Crippen molar-refractivity contribution in [1.82, 2.24) is 10.6 Å². The quantitative estimate of drug-likeness (QED) is 0.320. The van der Waals surface area contributed by atoms with Crippen molar-refractivity contribution in [2.75, 3.05) is 13.2 Å². The summed E-state index contributed by atoms with van der Waals surface area (Å²) in [7, 11) is 0. The summed E-state index contributed by atoms with van der Waals surface area (Å²) in [4.78, 5) is 23.9. The molecule has 0 saturated heterocycles. The Morgan fingerprint density at radius 1 is 1.16 bits per heavy atom. The number of aliphatic hydroxyl groups excluding tert-OH is 1. The van der Waals surface area contributed by atoms with Crippen LogP contribution in [0.3, 0.4) is 0 Å². The summed E-state index contributed by atoms with van der Waals surface area (Å²) in [6.07, 6.45) is 0.896. The van der Waals surface area contributed by atoms with Gasteiger partial charge in [-0.05, 0) is 30.2 Å². The molecule has 1 aromatic rings. The van der Waals surface area contributed by atoms with Gasteiger partial charge < -0.3 is 25.6 Å². The maximum Gasteiger partial charge on any atom is 0.404 e. The highest BCUT2D eigenvalue weighted by atomic mass is 16.5. The number of nitrogens with one attached hydrogen (secondary N) is 2. The molecule has 3 atom stereocenters. The van der Waals surface area contributed by atoms with E-state index < -0.39 is 23.7 Å². The van der Waals surface area contributed by atoms with Crippen LogP contribution in [0.4, 0.5) is 4.79 Å². The van der Waals surface area contributed by atoms with E-state index in [-0.39, 0.29) is 24.3 Å². The van der Waals surface area contributed by atoms with Crippen LogP contribution in [0, 0.1) is 17.3 Å². The van der Waals surface area contributed by atoms with Crippen molar-refractivity contribution in [3.63, 3.8) is 0 Å². The van der Waals surface area contributed by atoms with E-state index in [4.69, 9.17) is 4.74 Å². The van der Waals surface area contributed by atoms with Crippen LogP contribution in [0.2, 0.25) is 0 Å². The zero-order valence-electron chi connectivity index (χ0n) is 20.3. The van der Waals surface area contributed by atoms with Gasteiger partial charge in [0, 0.05) is 12.0 Å². The molecule has 0 bridgehead atoms. The fraction of sp³-hybridized carbons (Fsp3) is 0.680. The van der Waals surface area contributed by atoms with Gasteiger partial charge >= 0.3 is 6.09 Å². The first-order chi connectivity index (χ1) is 15.1. The standard InChI is InChI=1S/C25H42N2O5/c1-6-7-13-25(4,5)23(29)26-15-22(28)21(27-24(30)31)14-20(18(2)3)17-32-16-19-11-9-8-10-12-19/h8-12,18,20-22,27-28H,6-7,13-17H2,1-5H3,(H,26,29)(H,30,31)/t20-,21+,22+/m1/s1. The van der Waals surface area contributed by atoms with Crippen molar-refractivity contribution in [3.8, 4) is 0 Å². The molecule has 0 fully saturated rings. The molecule has 182 valence electrons. The molecule has 7 heteroatoms. The van der Waals surface area contributed by atoms with Gasteiger partial charge in [-0.25, -0.2) is 4.79 Å². The van der Waals surface area contributed by atoms with Crippen LogP contribution in [0.25, 0.3) is 0 Å². The van der Waals surface area contributed by atoms with Crippen molar-refractivity contribution >= 4 is 12.0 Å². The number of unbranched alkanes of at least 4 members (excludes halogenated alkanes) is 1. The maximum absolute atomic E-state index is 12.5. The number of ether oxygens (including phenoxy) is 1. The number of carbonyl (C=O) groups is 2. The molecule has 7 nitrogen and oxygen atoms in total. The Kier molecular flexibility index (Phi) is 12.3. The van der Waals surface area contributed by atoms with Gasteiger partial charge in [0.2, 0.25) is 5.91 Å². The van der Waals surface area contributed by atoms with Crippen LogP contribution in [-0.2, 0) is 16.1 Å². The van der Waals surface area contributed by atoms with Crippen LogP contribution in [0.15, 0.2) is 30.3 Å². The molecule has 0 unspecified atom stereocenters. The summed E-state index contributed by atoms with van der Waals surface area (Å²) in [6.45, 7) is 10.9. The van der Waals surface area contributed by atoms with E-state index in [1.54, 1.807) is 0 Å². The third kappa shape index (κ3) is 10.5. The fourth-order valence-electron chi connectivity index (χ4n) is 3.54. The van der Waals surface area contributed by atoms with Crippen LogP contribution in [0.1, 0.15) is 65.9 Å². The normalized spacial score (nSPS) is 14.6. The summed E-state index contributed by atoms with van der Waals surface area (Å²) in [5.74, 6) is 0.145. The lowest BCUT2D eigenvalue weighted by molar-refractivity contribution is -0.130. The molecular formula is C25H42N2O5. The number of hydrogen-bond acceptors (Lipinski definition) is 4. The van der Waals surface area contributed by atoms with Gasteiger partial charge in [-0.2, -0.15) is 0 Å². The number of carboxylic acid groups (broad SMARTS) is 1. The number of benzene rings is 1. The molecule has 1 aromatic carbocycles. The van der Waals surface area contributed by atoms with Crippen LogP contribution < -0.4 is 10.6 Å². The lowest BCUT2D eigenvalue weighted by atomic mass is 9.86. The number of aliphatic hydroxyl groups is 1. The SMILES string of the molecule is CCCCC(C)(C)C(=O)NC[C@H](O)[C@H](C[C@H](COCc1ccccc1)C(C)C)NC(=O)O. The smallest absolute Gasteiger partial charge is 0.404 e. The third-order valence-corrected chi connectivity index (χ3v) is 5.96. The van der Waals surface area contributed by atoms with E-state index in [1.807, 2.05) is 44.2 Å². The molecule has 0 aliphatic heterocycles. The molecule has 0 aliphatic carbocycles. The predicted molar refractivity (Wildman–Crippen MR) is 126 cm³/mol. The summed E-state index contributed by atoms with van der Waals surface area (Å²) < 4.78 is 5.88. The Bertz CT molecular complexity index is 678. The fourth-order valence-corrected chi connectivity index (χ4v) is 3.54. The maximum atomic E-state index is 12.5. The predicted octanol–water partition coefficient (Wildman–Crippen LogP) is 4.20. The summed E-state index contributed by atoms with van der Waals surface area (Å²) >= 11 is 0. The number of amides is 2. The minimum atomic E-state index is -1.20. The highest BCUT2D eigenvalue weighted by Crippen LogP contribution is 2.24. The third-order valence-electron chi connectivity index (χ3n) is 5.96. The molecule has 32 heavy (non-hydrogen) atoms. The van der Waals surface area contributed by atoms with Gasteiger partial charge in [0.25, 0.3) is 0 Å². The Morgan fingerprint density at radius 2 is 1.81 bits per heavy atom. The first-order valence-electron chi connectivity index (χ1n) is 11.6. The van der Waals surface area contributed by atoms with Crippen molar-refractivity contribution in [2.24, 2.45) is 17.3 Å². The highest BCUT2D eigenvalue weighted by Gasteiger charge is 2.30. The van der Waals surface area contributed by atoms with E-state index in [0.717, 1.165) is 24.8 Å². The molecule has 0 heterocycles. The van der Waals surface area contributed by atoms with Gasteiger partial charge in [0.05, 0.1) is 25.4 Å². The van der Waals surface area contributed by atoms with Crippen LogP contribution >= 0.6 is 0 Å². The molecule has 0 spiro atoms. The summed E-state index contributed by atoms with van der Waals surface area (Å²) in [5, 5.41) is 25.2. The second kappa shape index (κ2) is 14.1. The minimum Gasteiger partial charge on any atom is -0.465 e. The molecule has 4 N–H and O–H groups in total. The Balaban J connectivity index is 2.68. The summed E-state index contributed by atoms with van der Waals surface area (Å²) in [5.41, 5.74) is 0.542. The van der Waals surface area contributed by atoms with Gasteiger partial charge in [0.15, 0.2) is 0 Å². The average molecular weight is 451 g/mol. The van der Waals surface area contributed by atoms with Crippen LogP contribution in [0.5, 0.6) is 0 Å². The number of rotatable bonds is 15. The largest absolute Gasteiger partial charge is 0.465 e. The van der Waals surface area contributed by atoms with Crippen molar-refractivity contribution in [3.05, 3.63) is 35.9 Å². The summed E-state index contributed by atoms with van der Waals surface area (Å²) in [6, 6.07) is 9.15. The van der Waals surface area contributed by atoms with Gasteiger partial charge in [-0.15, -0.1) is 0 Å². The van der Waals surface area contributed by atoms with E-state index in [1.165, 1.54) is 0 Å². The number of carbonyl (C=O) groups excluding carboxylic acids is 1. The highest BCUT2D eigenvalue weighted by molar-refractivity contribution is 5.81. The Labute approximate surface area is 192 Å². The molecule has 2 amide bonds. The van der Waals surface area contributed by atoms with E-state index in [9.17, 15) is 19.8 Å². The lowest BCUT2D eigenvalue weighted by Gasteiger charge is -2.30. The zero-order valence-corrected chi connectivity index (χ0v) is 20.3. The van der Waals surface area contributed by atoms with Gasteiger partial charge in [-0.3, -0.25) is 4.79 Å². The minimum absolute atomic E-state index is 0.00494. The average Bonchev–Trinajstić information content (AvgIpc) is 2.74. The van der Waals surface area contributed by atoms with Crippen molar-refractivity contribution in [2.45, 2.75) is 79.1 Å². The van der Waals surface area contributed by atoms with Crippen molar-refractivity contribution in [1.29, 1.82) is 0 Å². The van der Waals surface area contributed by atoms with Gasteiger partial charge in [-0.1, -0.05) is 77.8 Å². The second-order valence-electron chi connectivity index (χ2n) is 9.56.